The fraction of sp³-hybridized carbons (Fsp3) is 0.0526. The maximum absolute atomic E-state index is 12.0. The van der Waals surface area contributed by atoms with Crippen LogP contribution in [-0.2, 0) is 6.61 Å². The van der Waals surface area contributed by atoms with Gasteiger partial charge >= 0.3 is 0 Å². The van der Waals surface area contributed by atoms with E-state index in [9.17, 15) is 4.79 Å². The van der Waals surface area contributed by atoms with Gasteiger partial charge in [-0.2, -0.15) is 5.10 Å². The monoisotopic (exact) mass is 404 g/mol. The molecule has 0 aliphatic rings. The van der Waals surface area contributed by atoms with Crippen molar-refractivity contribution in [3.63, 3.8) is 0 Å². The van der Waals surface area contributed by atoms with Crippen LogP contribution in [0.4, 0.5) is 0 Å². The molecular formula is C19H14Cl2N2O2S. The number of ether oxygens (including phenoxy) is 1. The van der Waals surface area contributed by atoms with Crippen LogP contribution in [0.2, 0.25) is 10.0 Å². The summed E-state index contributed by atoms with van der Waals surface area (Å²) >= 11 is 13.5. The lowest BCUT2D eigenvalue weighted by Gasteiger charge is -2.08. The number of carbonyl (C=O) groups excluding carboxylic acids is 1. The first-order valence-electron chi connectivity index (χ1n) is 7.65. The molecule has 1 amide bonds. The molecule has 26 heavy (non-hydrogen) atoms. The minimum absolute atomic E-state index is 0.287. The number of hydrogen-bond donors (Lipinski definition) is 1. The summed E-state index contributed by atoms with van der Waals surface area (Å²) in [6.07, 6.45) is 1.61. The topological polar surface area (TPSA) is 50.7 Å². The van der Waals surface area contributed by atoms with Crippen LogP contribution in [0.15, 0.2) is 65.1 Å². The first kappa shape index (κ1) is 18.5. The quantitative estimate of drug-likeness (QED) is 0.441. The Hall–Kier alpha value is -2.34. The first-order valence-corrected chi connectivity index (χ1v) is 9.29. The van der Waals surface area contributed by atoms with E-state index >= 15 is 0 Å². The van der Waals surface area contributed by atoms with Gasteiger partial charge in [-0.1, -0.05) is 35.3 Å². The smallest absolute Gasteiger partial charge is 0.271 e. The van der Waals surface area contributed by atoms with Crippen LogP contribution in [0.1, 0.15) is 20.8 Å². The van der Waals surface area contributed by atoms with Crippen molar-refractivity contribution in [2.75, 3.05) is 0 Å². The van der Waals surface area contributed by atoms with Gasteiger partial charge in [-0.05, 0) is 47.8 Å². The van der Waals surface area contributed by atoms with E-state index in [1.54, 1.807) is 53.9 Å². The summed E-state index contributed by atoms with van der Waals surface area (Å²) in [5.74, 6) is 0.347. The van der Waals surface area contributed by atoms with E-state index in [1.165, 1.54) is 0 Å². The Bertz CT molecular complexity index is 910. The Morgan fingerprint density at radius 3 is 2.65 bits per heavy atom. The Labute approximate surface area is 165 Å². The molecule has 0 bridgehead atoms. The van der Waals surface area contributed by atoms with Gasteiger partial charge in [0.25, 0.3) is 5.91 Å². The van der Waals surface area contributed by atoms with E-state index in [4.69, 9.17) is 27.9 Å². The number of amides is 1. The van der Waals surface area contributed by atoms with Crippen LogP contribution >= 0.6 is 34.5 Å². The second-order valence-corrected chi connectivity index (χ2v) is 7.09. The van der Waals surface area contributed by atoms with Crippen LogP contribution in [-0.4, -0.2) is 12.1 Å². The van der Waals surface area contributed by atoms with Crippen molar-refractivity contribution in [1.29, 1.82) is 0 Å². The summed E-state index contributed by atoms with van der Waals surface area (Å²) < 4.78 is 5.69. The van der Waals surface area contributed by atoms with Gasteiger partial charge < -0.3 is 4.74 Å². The summed E-state index contributed by atoms with van der Waals surface area (Å²) in [6, 6.07) is 15.9. The largest absolute Gasteiger partial charge is 0.489 e. The molecule has 2 aromatic carbocycles. The standard InChI is InChI=1S/C19H14Cl2N2O2S/c20-15-6-3-14(18(21)10-15)12-25-16-7-4-13(5-8-16)19(24)23-22-11-17-2-1-9-26-17/h1-11H,12H2,(H,23,24)/b22-11+. The number of halogens is 2. The second kappa shape index (κ2) is 8.85. The number of hydrogen-bond acceptors (Lipinski definition) is 4. The highest BCUT2D eigenvalue weighted by atomic mass is 35.5. The molecule has 132 valence electrons. The van der Waals surface area contributed by atoms with Crippen LogP contribution in [0.5, 0.6) is 5.75 Å². The zero-order chi connectivity index (χ0) is 18.4. The molecule has 1 N–H and O–H groups in total. The summed E-state index contributed by atoms with van der Waals surface area (Å²) in [6.45, 7) is 0.312. The lowest BCUT2D eigenvalue weighted by atomic mass is 10.2. The van der Waals surface area contributed by atoms with E-state index in [-0.39, 0.29) is 5.91 Å². The number of carbonyl (C=O) groups is 1. The average Bonchev–Trinajstić information content (AvgIpc) is 3.15. The van der Waals surface area contributed by atoms with E-state index in [2.05, 4.69) is 10.5 Å². The molecule has 0 saturated heterocycles. The Balaban J connectivity index is 1.55. The molecule has 0 fully saturated rings. The fourth-order valence-electron chi connectivity index (χ4n) is 2.09. The number of rotatable bonds is 6. The minimum atomic E-state index is -0.287. The second-order valence-electron chi connectivity index (χ2n) is 5.26. The maximum atomic E-state index is 12.0. The molecule has 0 radical (unpaired) electrons. The normalized spacial score (nSPS) is 10.8. The molecule has 1 heterocycles. The lowest BCUT2D eigenvalue weighted by molar-refractivity contribution is 0.0955. The Morgan fingerprint density at radius 1 is 1.15 bits per heavy atom. The van der Waals surface area contributed by atoms with Crippen LogP contribution in [0, 0.1) is 0 Å². The van der Waals surface area contributed by atoms with Gasteiger partial charge in [0, 0.05) is 26.0 Å². The summed E-state index contributed by atoms with van der Waals surface area (Å²) in [5.41, 5.74) is 3.82. The highest BCUT2D eigenvalue weighted by Crippen LogP contribution is 2.23. The average molecular weight is 405 g/mol. The molecule has 0 aliphatic heterocycles. The van der Waals surface area contributed by atoms with Crippen molar-refractivity contribution in [3.05, 3.63) is 86.0 Å². The van der Waals surface area contributed by atoms with Crippen molar-refractivity contribution in [2.24, 2.45) is 5.10 Å². The zero-order valence-corrected chi connectivity index (χ0v) is 15.8. The van der Waals surface area contributed by atoms with Crippen LogP contribution < -0.4 is 10.2 Å². The highest BCUT2D eigenvalue weighted by molar-refractivity contribution is 7.11. The number of benzene rings is 2. The van der Waals surface area contributed by atoms with E-state index < -0.39 is 0 Å². The predicted octanol–water partition coefficient (Wildman–Crippen LogP) is 5.40. The van der Waals surface area contributed by atoms with Gasteiger partial charge in [-0.25, -0.2) is 5.43 Å². The maximum Gasteiger partial charge on any atom is 0.271 e. The third-order valence-electron chi connectivity index (χ3n) is 3.43. The molecule has 0 unspecified atom stereocenters. The third kappa shape index (κ3) is 5.08. The molecule has 0 saturated carbocycles. The molecular weight excluding hydrogens is 391 g/mol. The van der Waals surface area contributed by atoms with Gasteiger partial charge in [0.1, 0.15) is 12.4 Å². The number of thiophene rings is 1. The molecule has 4 nitrogen and oxygen atoms in total. The van der Waals surface area contributed by atoms with Crippen molar-refractivity contribution < 1.29 is 9.53 Å². The Morgan fingerprint density at radius 2 is 1.96 bits per heavy atom. The van der Waals surface area contributed by atoms with Crippen LogP contribution in [0.25, 0.3) is 0 Å². The highest BCUT2D eigenvalue weighted by Gasteiger charge is 2.06. The fourth-order valence-corrected chi connectivity index (χ4v) is 3.13. The minimum Gasteiger partial charge on any atom is -0.489 e. The molecule has 0 atom stereocenters. The predicted molar refractivity (Wildman–Crippen MR) is 107 cm³/mol. The van der Waals surface area contributed by atoms with Gasteiger partial charge in [0.05, 0.1) is 6.21 Å². The molecule has 3 aromatic rings. The van der Waals surface area contributed by atoms with Crippen molar-refractivity contribution in [2.45, 2.75) is 6.61 Å². The summed E-state index contributed by atoms with van der Waals surface area (Å²) in [5, 5.41) is 7.01. The van der Waals surface area contributed by atoms with Gasteiger partial charge in [0.2, 0.25) is 0 Å². The molecule has 1 aromatic heterocycles. The van der Waals surface area contributed by atoms with Crippen molar-refractivity contribution in [1.82, 2.24) is 5.43 Å². The van der Waals surface area contributed by atoms with Crippen molar-refractivity contribution in [3.8, 4) is 5.75 Å². The molecule has 7 heteroatoms. The van der Waals surface area contributed by atoms with Gasteiger partial charge in [-0.15, -0.1) is 11.3 Å². The van der Waals surface area contributed by atoms with Gasteiger partial charge in [-0.3, -0.25) is 4.79 Å². The summed E-state index contributed by atoms with van der Waals surface area (Å²) in [4.78, 5) is 13.0. The molecule has 0 spiro atoms. The van der Waals surface area contributed by atoms with E-state index in [0.29, 0.717) is 28.0 Å². The van der Waals surface area contributed by atoms with Gasteiger partial charge in [0.15, 0.2) is 0 Å². The number of hydrazone groups is 1. The third-order valence-corrected chi connectivity index (χ3v) is 4.82. The van der Waals surface area contributed by atoms with Crippen LogP contribution in [0.3, 0.4) is 0 Å². The SMILES string of the molecule is O=C(N/N=C/c1cccs1)c1ccc(OCc2ccc(Cl)cc2Cl)cc1. The van der Waals surface area contributed by atoms with E-state index in [1.807, 2.05) is 23.6 Å². The zero-order valence-electron chi connectivity index (χ0n) is 13.5. The van der Waals surface area contributed by atoms with Crippen molar-refractivity contribution >= 4 is 46.7 Å². The lowest BCUT2D eigenvalue weighted by Crippen LogP contribution is -2.17. The summed E-state index contributed by atoms with van der Waals surface area (Å²) in [7, 11) is 0. The van der Waals surface area contributed by atoms with E-state index in [0.717, 1.165) is 10.4 Å². The number of nitrogens with one attached hydrogen (secondary N) is 1. The molecule has 3 rings (SSSR count). The molecule has 0 aliphatic carbocycles. The first-order chi connectivity index (χ1) is 12.6. The number of nitrogens with zero attached hydrogens (tertiary/aromatic N) is 1. The Kier molecular flexibility index (Phi) is 6.28.